The maximum absolute atomic E-state index is 13.7. The highest BCUT2D eigenvalue weighted by atomic mass is 16.6. The largest absolute Gasteiger partial charge is 0.444 e. The number of hydrogen-bond acceptors (Lipinski definition) is 4. The second-order valence-corrected chi connectivity index (χ2v) is 11.3. The van der Waals surface area contributed by atoms with Crippen molar-refractivity contribution < 1.29 is 19.1 Å². The molecule has 0 aliphatic heterocycles. The van der Waals surface area contributed by atoms with E-state index in [1.165, 1.54) is 0 Å². The van der Waals surface area contributed by atoms with Crippen molar-refractivity contribution in [3.05, 3.63) is 34.9 Å². The Morgan fingerprint density at radius 2 is 1.51 bits per heavy atom. The average Bonchev–Trinajstić information content (AvgIpc) is 2.70. The molecule has 1 unspecified atom stereocenters. The van der Waals surface area contributed by atoms with Crippen LogP contribution >= 0.6 is 0 Å². The summed E-state index contributed by atoms with van der Waals surface area (Å²) in [6, 6.07) is 5.08. The summed E-state index contributed by atoms with van der Waals surface area (Å²) in [5, 5.41) is 5.64. The Bertz CT molecular complexity index is 832. The maximum Gasteiger partial charge on any atom is 0.408 e. The second-order valence-electron chi connectivity index (χ2n) is 11.3. The molecule has 0 saturated carbocycles. The molecule has 1 aromatic carbocycles. The van der Waals surface area contributed by atoms with Crippen LogP contribution in [0.3, 0.4) is 0 Å². The molecule has 35 heavy (non-hydrogen) atoms. The summed E-state index contributed by atoms with van der Waals surface area (Å²) < 4.78 is 5.29. The van der Waals surface area contributed by atoms with Gasteiger partial charge < -0.3 is 20.3 Å². The number of unbranched alkanes of at least 4 members (excludes halogenated alkanes) is 4. The van der Waals surface area contributed by atoms with Gasteiger partial charge in [-0.25, -0.2) is 4.79 Å². The molecule has 0 fully saturated rings. The molecule has 3 amide bonds. The predicted molar refractivity (Wildman–Crippen MR) is 141 cm³/mol. The number of ether oxygens (including phenoxy) is 1. The fourth-order valence-electron chi connectivity index (χ4n) is 3.97. The normalized spacial score (nSPS) is 12.6. The number of nitrogens with one attached hydrogen (secondary N) is 2. The van der Waals surface area contributed by atoms with Crippen LogP contribution in [-0.2, 0) is 14.3 Å². The molecule has 1 rings (SSSR count). The minimum atomic E-state index is -0.797. The number of amides is 3. The van der Waals surface area contributed by atoms with Crippen LogP contribution in [0.1, 0.15) is 103 Å². The predicted octanol–water partition coefficient (Wildman–Crippen LogP) is 5.58. The Kier molecular flexibility index (Phi) is 11.7. The molecular weight excluding hydrogens is 442 g/mol. The topological polar surface area (TPSA) is 87.7 Å². The van der Waals surface area contributed by atoms with Crippen molar-refractivity contribution in [2.75, 3.05) is 13.1 Å². The molecule has 7 nitrogen and oxygen atoms in total. The van der Waals surface area contributed by atoms with E-state index >= 15 is 0 Å². The number of carbonyl (C=O) groups excluding carboxylic acids is 3. The Balaban J connectivity index is 3.32. The van der Waals surface area contributed by atoms with Gasteiger partial charge in [0.1, 0.15) is 18.2 Å². The lowest BCUT2D eigenvalue weighted by Crippen LogP contribution is -2.51. The molecule has 0 heterocycles. The molecule has 0 aliphatic rings. The SMILES string of the molecule is CCCCCCCN(C(=O)CNC(=O)OC(C)(C)C)C(C(=O)NC(C)(C)C)c1c(C)cccc1C. The highest BCUT2D eigenvalue weighted by Crippen LogP contribution is 2.29. The minimum absolute atomic E-state index is 0.228. The molecule has 7 heteroatoms. The van der Waals surface area contributed by atoms with Crippen molar-refractivity contribution in [2.24, 2.45) is 0 Å². The number of carbonyl (C=O) groups is 3. The van der Waals surface area contributed by atoms with E-state index < -0.39 is 23.3 Å². The number of rotatable bonds is 11. The molecule has 2 N–H and O–H groups in total. The molecule has 0 radical (unpaired) electrons. The van der Waals surface area contributed by atoms with Crippen LogP contribution in [-0.4, -0.2) is 47.0 Å². The lowest BCUT2D eigenvalue weighted by molar-refractivity contribution is -0.141. The number of nitrogens with zero attached hydrogens (tertiary/aromatic N) is 1. The Morgan fingerprint density at radius 1 is 0.943 bits per heavy atom. The minimum Gasteiger partial charge on any atom is -0.444 e. The van der Waals surface area contributed by atoms with Crippen molar-refractivity contribution >= 4 is 17.9 Å². The van der Waals surface area contributed by atoms with Crippen molar-refractivity contribution in [2.45, 2.75) is 112 Å². The van der Waals surface area contributed by atoms with Gasteiger partial charge >= 0.3 is 6.09 Å². The van der Waals surface area contributed by atoms with Crippen molar-refractivity contribution in [3.63, 3.8) is 0 Å². The fraction of sp³-hybridized carbons (Fsp3) is 0.679. The molecule has 0 spiro atoms. The molecule has 0 saturated heterocycles. The molecule has 1 aromatic rings. The zero-order valence-corrected chi connectivity index (χ0v) is 23.3. The van der Waals surface area contributed by atoms with Crippen molar-refractivity contribution in [1.82, 2.24) is 15.5 Å². The van der Waals surface area contributed by atoms with E-state index in [2.05, 4.69) is 17.6 Å². The van der Waals surface area contributed by atoms with Gasteiger partial charge in [-0.2, -0.15) is 0 Å². The van der Waals surface area contributed by atoms with Gasteiger partial charge in [0.05, 0.1) is 0 Å². The van der Waals surface area contributed by atoms with Crippen molar-refractivity contribution in [1.29, 1.82) is 0 Å². The Hall–Kier alpha value is -2.57. The molecule has 0 bridgehead atoms. The summed E-state index contributed by atoms with van der Waals surface area (Å²) in [4.78, 5) is 41.0. The Labute approximate surface area is 212 Å². The lowest BCUT2D eigenvalue weighted by Gasteiger charge is -2.35. The number of aryl methyl sites for hydroxylation is 2. The van der Waals surface area contributed by atoms with Crippen LogP contribution < -0.4 is 10.6 Å². The highest BCUT2D eigenvalue weighted by molar-refractivity contribution is 5.91. The smallest absolute Gasteiger partial charge is 0.408 e. The van der Waals surface area contributed by atoms with Gasteiger partial charge in [-0.05, 0) is 78.5 Å². The van der Waals surface area contributed by atoms with Crippen LogP contribution in [0.4, 0.5) is 4.79 Å². The van der Waals surface area contributed by atoms with E-state index in [0.29, 0.717) is 6.54 Å². The summed E-state index contributed by atoms with van der Waals surface area (Å²) in [6.07, 6.45) is 4.44. The number of hydrogen-bond donors (Lipinski definition) is 2. The fourth-order valence-corrected chi connectivity index (χ4v) is 3.97. The van der Waals surface area contributed by atoms with Gasteiger partial charge in [0, 0.05) is 12.1 Å². The summed E-state index contributed by atoms with van der Waals surface area (Å²) in [5.41, 5.74) is 1.59. The summed E-state index contributed by atoms with van der Waals surface area (Å²) in [7, 11) is 0. The lowest BCUT2D eigenvalue weighted by atomic mass is 9.93. The van der Waals surface area contributed by atoms with Crippen LogP contribution in [0, 0.1) is 13.8 Å². The van der Waals surface area contributed by atoms with Gasteiger partial charge in [0.2, 0.25) is 11.8 Å². The van der Waals surface area contributed by atoms with Crippen LogP contribution in [0.25, 0.3) is 0 Å². The van der Waals surface area contributed by atoms with Gasteiger partial charge in [0.15, 0.2) is 0 Å². The maximum atomic E-state index is 13.7. The Morgan fingerprint density at radius 3 is 2.03 bits per heavy atom. The summed E-state index contributed by atoms with van der Waals surface area (Å²) in [6.45, 7) is 17.3. The van der Waals surface area contributed by atoms with Gasteiger partial charge in [-0.15, -0.1) is 0 Å². The molecule has 0 aromatic heterocycles. The van der Waals surface area contributed by atoms with E-state index in [1.807, 2.05) is 52.8 Å². The van der Waals surface area contributed by atoms with E-state index in [0.717, 1.165) is 48.8 Å². The second kappa shape index (κ2) is 13.5. The van der Waals surface area contributed by atoms with Crippen LogP contribution in [0.5, 0.6) is 0 Å². The number of benzene rings is 1. The van der Waals surface area contributed by atoms with E-state index in [4.69, 9.17) is 4.74 Å². The average molecular weight is 490 g/mol. The third-order valence-corrected chi connectivity index (χ3v) is 5.48. The van der Waals surface area contributed by atoms with Crippen LogP contribution in [0.2, 0.25) is 0 Å². The van der Waals surface area contributed by atoms with E-state index in [9.17, 15) is 14.4 Å². The quantitative estimate of drug-likeness (QED) is 0.397. The van der Waals surface area contributed by atoms with Gasteiger partial charge in [-0.3, -0.25) is 9.59 Å². The first-order valence-corrected chi connectivity index (χ1v) is 12.8. The zero-order valence-electron chi connectivity index (χ0n) is 23.3. The zero-order chi connectivity index (χ0) is 26.8. The molecular formula is C28H47N3O4. The first-order chi connectivity index (χ1) is 16.2. The number of alkyl carbamates (subject to hydrolysis) is 1. The van der Waals surface area contributed by atoms with Crippen LogP contribution in [0.15, 0.2) is 18.2 Å². The summed E-state index contributed by atoms with van der Waals surface area (Å²) >= 11 is 0. The molecule has 0 aliphatic carbocycles. The first kappa shape index (κ1) is 30.5. The molecule has 1 atom stereocenters. The third kappa shape index (κ3) is 11.1. The highest BCUT2D eigenvalue weighted by Gasteiger charge is 2.35. The monoisotopic (exact) mass is 489 g/mol. The van der Waals surface area contributed by atoms with E-state index in [1.54, 1.807) is 25.7 Å². The van der Waals surface area contributed by atoms with E-state index in [-0.39, 0.29) is 18.4 Å². The standard InChI is InChI=1S/C28H47N3O4/c1-10-11-12-13-14-18-31(22(32)19-29-26(34)35-28(7,8)9)24(25(33)30-27(4,5)6)23-20(2)16-15-17-21(23)3/h15-17,24H,10-14,18-19H2,1-9H3,(H,29,34)(H,30,33). The first-order valence-electron chi connectivity index (χ1n) is 12.8. The third-order valence-electron chi connectivity index (χ3n) is 5.48. The van der Waals surface area contributed by atoms with Crippen molar-refractivity contribution in [3.8, 4) is 0 Å². The molecule has 198 valence electrons. The van der Waals surface area contributed by atoms with Gasteiger partial charge in [0.25, 0.3) is 0 Å². The summed E-state index contributed by atoms with van der Waals surface area (Å²) in [5.74, 6) is -0.544. The van der Waals surface area contributed by atoms with Gasteiger partial charge in [-0.1, -0.05) is 50.8 Å².